The van der Waals surface area contributed by atoms with Crippen LogP contribution in [-0.4, -0.2) is 42.3 Å². The zero-order chi connectivity index (χ0) is 17.9. The van der Waals surface area contributed by atoms with Crippen molar-refractivity contribution in [2.24, 2.45) is 0 Å². The molecule has 0 aliphatic rings. The number of hydrogen-bond acceptors (Lipinski definition) is 7. The highest BCUT2D eigenvalue weighted by molar-refractivity contribution is 7.47. The predicted molar refractivity (Wildman–Crippen MR) is 82.5 cm³/mol. The topological polar surface area (TPSA) is 108 Å². The molecular formula is C14H23O8P. The van der Waals surface area contributed by atoms with Crippen molar-refractivity contribution in [1.82, 2.24) is 0 Å². The molecule has 0 aliphatic heterocycles. The SMILES string of the molecule is C=CC(=O)OC(C)CCOP(=O)(O)OCCC(C)OC(=O)C=C. The van der Waals surface area contributed by atoms with E-state index in [2.05, 4.69) is 13.2 Å². The summed E-state index contributed by atoms with van der Waals surface area (Å²) in [4.78, 5) is 31.3. The number of phosphoric ester groups is 1. The van der Waals surface area contributed by atoms with Gasteiger partial charge in [0.1, 0.15) is 12.2 Å². The summed E-state index contributed by atoms with van der Waals surface area (Å²) in [7, 11) is -4.21. The minimum absolute atomic E-state index is 0.125. The van der Waals surface area contributed by atoms with Gasteiger partial charge in [0.15, 0.2) is 0 Å². The van der Waals surface area contributed by atoms with E-state index in [0.29, 0.717) is 0 Å². The Morgan fingerprint density at radius 2 is 1.35 bits per heavy atom. The maximum absolute atomic E-state index is 11.6. The minimum Gasteiger partial charge on any atom is -0.459 e. The first kappa shape index (κ1) is 21.5. The van der Waals surface area contributed by atoms with Gasteiger partial charge in [0.2, 0.25) is 0 Å². The first-order chi connectivity index (χ1) is 10.7. The zero-order valence-corrected chi connectivity index (χ0v) is 14.2. The Hall–Kier alpha value is -1.47. The van der Waals surface area contributed by atoms with Crippen molar-refractivity contribution in [3.8, 4) is 0 Å². The molecule has 132 valence electrons. The minimum atomic E-state index is -4.21. The van der Waals surface area contributed by atoms with E-state index >= 15 is 0 Å². The third-order valence-corrected chi connectivity index (χ3v) is 3.54. The van der Waals surface area contributed by atoms with Gasteiger partial charge in [-0.05, 0) is 13.8 Å². The van der Waals surface area contributed by atoms with Crippen LogP contribution < -0.4 is 0 Å². The molecular weight excluding hydrogens is 327 g/mol. The second-order valence-electron chi connectivity index (χ2n) is 4.62. The highest BCUT2D eigenvalue weighted by Gasteiger charge is 2.22. The fraction of sp³-hybridized carbons (Fsp3) is 0.571. The van der Waals surface area contributed by atoms with Crippen LogP contribution in [-0.2, 0) is 32.7 Å². The first-order valence-electron chi connectivity index (χ1n) is 6.98. The fourth-order valence-corrected chi connectivity index (χ4v) is 2.06. The summed E-state index contributed by atoms with van der Waals surface area (Å²) in [6.07, 6.45) is 1.52. The first-order valence-corrected chi connectivity index (χ1v) is 8.47. The van der Waals surface area contributed by atoms with Gasteiger partial charge in [-0.1, -0.05) is 13.2 Å². The second kappa shape index (κ2) is 11.1. The van der Waals surface area contributed by atoms with Gasteiger partial charge in [0, 0.05) is 25.0 Å². The molecule has 0 spiro atoms. The quantitative estimate of drug-likeness (QED) is 0.324. The molecule has 1 N–H and O–H groups in total. The number of phosphoric acid groups is 1. The zero-order valence-electron chi connectivity index (χ0n) is 13.3. The molecule has 0 heterocycles. The summed E-state index contributed by atoms with van der Waals surface area (Å²) in [5.41, 5.74) is 0. The molecule has 0 bridgehead atoms. The van der Waals surface area contributed by atoms with Gasteiger partial charge in [-0.25, -0.2) is 14.2 Å². The molecule has 0 aromatic heterocycles. The van der Waals surface area contributed by atoms with Crippen LogP contribution in [0, 0.1) is 0 Å². The van der Waals surface area contributed by atoms with Crippen LogP contribution in [0.25, 0.3) is 0 Å². The fourth-order valence-electron chi connectivity index (χ4n) is 1.32. The largest absolute Gasteiger partial charge is 0.472 e. The molecule has 0 saturated carbocycles. The van der Waals surface area contributed by atoms with Crippen LogP contribution >= 0.6 is 7.82 Å². The number of carbonyl (C=O) groups is 2. The molecule has 0 rings (SSSR count). The van der Waals surface area contributed by atoms with Gasteiger partial charge < -0.3 is 14.4 Å². The van der Waals surface area contributed by atoms with Crippen molar-refractivity contribution in [2.45, 2.75) is 38.9 Å². The van der Waals surface area contributed by atoms with Crippen molar-refractivity contribution in [3.05, 3.63) is 25.3 Å². The molecule has 0 radical (unpaired) electrons. The van der Waals surface area contributed by atoms with E-state index < -0.39 is 32.0 Å². The third-order valence-electron chi connectivity index (χ3n) is 2.53. The lowest BCUT2D eigenvalue weighted by molar-refractivity contribution is -0.143. The van der Waals surface area contributed by atoms with Crippen molar-refractivity contribution in [2.75, 3.05) is 13.2 Å². The lowest BCUT2D eigenvalue weighted by Gasteiger charge is -2.16. The van der Waals surface area contributed by atoms with E-state index in [1.165, 1.54) is 0 Å². The highest BCUT2D eigenvalue weighted by atomic mass is 31.2. The van der Waals surface area contributed by atoms with Crippen LogP contribution in [0.5, 0.6) is 0 Å². The maximum Gasteiger partial charge on any atom is 0.472 e. The van der Waals surface area contributed by atoms with Gasteiger partial charge in [0.05, 0.1) is 13.2 Å². The van der Waals surface area contributed by atoms with Crippen LogP contribution in [0.1, 0.15) is 26.7 Å². The smallest absolute Gasteiger partial charge is 0.459 e. The van der Waals surface area contributed by atoms with Crippen LogP contribution in [0.3, 0.4) is 0 Å². The Labute approximate surface area is 135 Å². The van der Waals surface area contributed by atoms with Gasteiger partial charge in [0.25, 0.3) is 0 Å². The molecule has 0 aliphatic carbocycles. The second-order valence-corrected chi connectivity index (χ2v) is 6.07. The maximum atomic E-state index is 11.6. The van der Waals surface area contributed by atoms with Crippen molar-refractivity contribution < 1.29 is 37.6 Å². The summed E-state index contributed by atoms with van der Waals surface area (Å²) >= 11 is 0. The number of esters is 2. The number of ether oxygens (including phenoxy) is 2. The molecule has 0 amide bonds. The average molecular weight is 350 g/mol. The number of rotatable bonds is 12. The van der Waals surface area contributed by atoms with Crippen LogP contribution in [0.2, 0.25) is 0 Å². The van der Waals surface area contributed by atoms with E-state index in [1.807, 2.05) is 0 Å². The van der Waals surface area contributed by atoms with Gasteiger partial charge in [-0.2, -0.15) is 0 Å². The van der Waals surface area contributed by atoms with Crippen molar-refractivity contribution >= 4 is 19.8 Å². The monoisotopic (exact) mass is 350 g/mol. The number of carbonyl (C=O) groups excluding carboxylic acids is 2. The molecule has 0 saturated heterocycles. The summed E-state index contributed by atoms with van der Waals surface area (Å²) < 4.78 is 30.8. The molecule has 8 nitrogen and oxygen atoms in total. The molecule has 9 heteroatoms. The van der Waals surface area contributed by atoms with Crippen LogP contribution in [0.4, 0.5) is 0 Å². The van der Waals surface area contributed by atoms with Crippen LogP contribution in [0.15, 0.2) is 25.3 Å². The Morgan fingerprint density at radius 1 is 1.00 bits per heavy atom. The van der Waals surface area contributed by atoms with E-state index in [-0.39, 0.29) is 26.1 Å². The van der Waals surface area contributed by atoms with E-state index in [0.717, 1.165) is 12.2 Å². The summed E-state index contributed by atoms with van der Waals surface area (Å²) in [5.74, 6) is -1.16. The number of hydrogen-bond donors (Lipinski definition) is 1. The summed E-state index contributed by atoms with van der Waals surface area (Å²) in [6.45, 7) is 9.49. The van der Waals surface area contributed by atoms with Crippen molar-refractivity contribution in [3.63, 3.8) is 0 Å². The lowest BCUT2D eigenvalue weighted by atomic mass is 10.3. The van der Waals surface area contributed by atoms with E-state index in [1.54, 1.807) is 13.8 Å². The standard InChI is InChI=1S/C14H23O8P/c1-5-13(15)21-11(3)7-9-19-23(17,18)20-10-8-12(4)22-14(16)6-2/h5-6,11-12H,1-2,7-10H2,3-4H3,(H,17,18). The predicted octanol–water partition coefficient (Wildman–Crippen LogP) is 2.14. The normalized spacial score (nSPS) is 15.8. The van der Waals surface area contributed by atoms with E-state index in [9.17, 15) is 19.0 Å². The molecule has 0 aromatic carbocycles. The molecule has 23 heavy (non-hydrogen) atoms. The Bertz CT molecular complexity index is 424. The summed E-state index contributed by atoms with van der Waals surface area (Å²) in [6, 6.07) is 0. The molecule has 0 aromatic rings. The highest BCUT2D eigenvalue weighted by Crippen LogP contribution is 2.43. The van der Waals surface area contributed by atoms with E-state index in [4.69, 9.17) is 18.5 Å². The van der Waals surface area contributed by atoms with Crippen molar-refractivity contribution in [1.29, 1.82) is 0 Å². The van der Waals surface area contributed by atoms with Gasteiger partial charge >= 0.3 is 19.8 Å². The molecule has 2 unspecified atom stereocenters. The van der Waals surface area contributed by atoms with Gasteiger partial charge in [-0.3, -0.25) is 9.05 Å². The molecule has 0 fully saturated rings. The Morgan fingerprint density at radius 3 is 1.65 bits per heavy atom. The lowest BCUT2D eigenvalue weighted by Crippen LogP contribution is -2.16. The average Bonchev–Trinajstić information content (AvgIpc) is 2.46. The third kappa shape index (κ3) is 11.7. The summed E-state index contributed by atoms with van der Waals surface area (Å²) in [5, 5.41) is 0. The Balaban J connectivity index is 3.94. The van der Waals surface area contributed by atoms with Gasteiger partial charge in [-0.15, -0.1) is 0 Å². The Kier molecular flexibility index (Phi) is 10.4. The molecule has 2 atom stereocenters.